The number of carbonyl (C=O) groups excluding carboxylic acids is 1. The fraction of sp³-hybridized carbons (Fsp3) is 0.571. The van der Waals surface area contributed by atoms with E-state index in [9.17, 15) is 9.90 Å². The third-order valence-corrected chi connectivity index (χ3v) is 5.43. The molecule has 2 unspecified atom stereocenters. The van der Waals surface area contributed by atoms with Gasteiger partial charge in [-0.1, -0.05) is 42.0 Å². The van der Waals surface area contributed by atoms with Crippen molar-refractivity contribution in [1.82, 2.24) is 4.90 Å². The van der Waals surface area contributed by atoms with Gasteiger partial charge >= 0.3 is 6.09 Å². The second-order valence-electron chi connectivity index (χ2n) is 7.79. The van der Waals surface area contributed by atoms with E-state index in [2.05, 4.69) is 19.9 Å². The largest absolute Gasteiger partial charge is 0.445 e. The Morgan fingerprint density at radius 2 is 1.88 bits per heavy atom. The lowest BCUT2D eigenvalue weighted by molar-refractivity contribution is -0.0534. The van der Waals surface area contributed by atoms with Crippen LogP contribution in [0.3, 0.4) is 0 Å². The van der Waals surface area contributed by atoms with Crippen molar-refractivity contribution in [3.8, 4) is 0 Å². The number of hydrogen-bond donors (Lipinski definition) is 1. The van der Waals surface area contributed by atoms with Gasteiger partial charge < -0.3 is 14.7 Å². The van der Waals surface area contributed by atoms with Gasteiger partial charge in [0.05, 0.1) is 5.60 Å². The van der Waals surface area contributed by atoms with Gasteiger partial charge in [0, 0.05) is 12.1 Å². The highest BCUT2D eigenvalue weighted by atomic mass is 16.6. The Bertz CT molecular complexity index is 607. The van der Waals surface area contributed by atoms with Crippen LogP contribution in [0.15, 0.2) is 42.0 Å². The van der Waals surface area contributed by atoms with Crippen LogP contribution in [0.5, 0.6) is 0 Å². The summed E-state index contributed by atoms with van der Waals surface area (Å²) in [6.45, 7) is 4.47. The van der Waals surface area contributed by atoms with Gasteiger partial charge in [-0.25, -0.2) is 4.79 Å². The summed E-state index contributed by atoms with van der Waals surface area (Å²) >= 11 is 0. The van der Waals surface area contributed by atoms with Crippen LogP contribution >= 0.6 is 0 Å². The average Bonchev–Trinajstić information content (AvgIpc) is 2.86. The number of fused-ring (bicyclic) bond motifs is 2. The van der Waals surface area contributed by atoms with Crippen LogP contribution in [0, 0.1) is 0 Å². The predicted octanol–water partition coefficient (Wildman–Crippen LogP) is 4.43. The first-order chi connectivity index (χ1) is 12.0. The highest BCUT2D eigenvalue weighted by Crippen LogP contribution is 2.43. The van der Waals surface area contributed by atoms with Gasteiger partial charge in [-0.2, -0.15) is 0 Å². The third kappa shape index (κ3) is 4.43. The van der Waals surface area contributed by atoms with E-state index in [0.717, 1.165) is 31.2 Å². The third-order valence-electron chi connectivity index (χ3n) is 5.43. The van der Waals surface area contributed by atoms with Crippen molar-refractivity contribution in [3.63, 3.8) is 0 Å². The van der Waals surface area contributed by atoms with Gasteiger partial charge in [0.2, 0.25) is 0 Å². The number of piperidine rings is 1. The number of benzene rings is 1. The van der Waals surface area contributed by atoms with Gasteiger partial charge in [-0.3, -0.25) is 0 Å². The maximum absolute atomic E-state index is 12.6. The SMILES string of the molecule is CC(C)=CCCC1(O)CC2CCC(C1)N2C(=O)OCc1ccccc1. The molecule has 2 saturated heterocycles. The summed E-state index contributed by atoms with van der Waals surface area (Å²) in [6.07, 6.45) is 6.89. The minimum atomic E-state index is -0.645. The Morgan fingerprint density at radius 3 is 2.48 bits per heavy atom. The van der Waals surface area contributed by atoms with E-state index in [1.165, 1.54) is 5.57 Å². The van der Waals surface area contributed by atoms with Crippen LogP contribution in [-0.4, -0.2) is 33.8 Å². The lowest BCUT2D eigenvalue weighted by Gasteiger charge is -2.43. The summed E-state index contributed by atoms with van der Waals surface area (Å²) in [5, 5.41) is 11.0. The molecule has 1 aromatic rings. The van der Waals surface area contributed by atoms with Crippen LogP contribution < -0.4 is 0 Å². The first-order valence-corrected chi connectivity index (χ1v) is 9.32. The van der Waals surface area contributed by atoms with Crippen molar-refractivity contribution < 1.29 is 14.6 Å². The van der Waals surface area contributed by atoms with Crippen molar-refractivity contribution in [2.75, 3.05) is 0 Å². The van der Waals surface area contributed by atoms with Gasteiger partial charge in [0.25, 0.3) is 0 Å². The van der Waals surface area contributed by atoms with E-state index in [-0.39, 0.29) is 18.2 Å². The zero-order valence-corrected chi connectivity index (χ0v) is 15.3. The summed E-state index contributed by atoms with van der Waals surface area (Å²) in [5.41, 5.74) is 1.64. The van der Waals surface area contributed by atoms with E-state index in [0.29, 0.717) is 19.4 Å². The molecule has 2 atom stereocenters. The Kier molecular flexibility index (Phi) is 5.48. The molecule has 0 aliphatic carbocycles. The molecule has 4 nitrogen and oxygen atoms in total. The summed E-state index contributed by atoms with van der Waals surface area (Å²) in [6, 6.07) is 9.98. The zero-order valence-electron chi connectivity index (χ0n) is 15.3. The second-order valence-corrected chi connectivity index (χ2v) is 7.79. The van der Waals surface area contributed by atoms with Crippen LogP contribution in [0.1, 0.15) is 57.9 Å². The average molecular weight is 343 g/mol. The summed E-state index contributed by atoms with van der Waals surface area (Å²) in [5.74, 6) is 0. The van der Waals surface area contributed by atoms with Gasteiger partial charge in [-0.05, 0) is 57.9 Å². The van der Waals surface area contributed by atoms with Gasteiger partial charge in [0.15, 0.2) is 0 Å². The number of nitrogens with zero attached hydrogens (tertiary/aromatic N) is 1. The number of hydrogen-bond acceptors (Lipinski definition) is 3. The molecule has 2 aliphatic heterocycles. The maximum atomic E-state index is 12.6. The lowest BCUT2D eigenvalue weighted by atomic mass is 9.82. The smallest absolute Gasteiger partial charge is 0.410 e. The van der Waals surface area contributed by atoms with Crippen molar-refractivity contribution in [2.45, 2.75) is 76.7 Å². The van der Waals surface area contributed by atoms with Crippen molar-refractivity contribution in [2.24, 2.45) is 0 Å². The van der Waals surface area contributed by atoms with Crippen LogP contribution in [0.2, 0.25) is 0 Å². The quantitative estimate of drug-likeness (QED) is 0.805. The van der Waals surface area contributed by atoms with E-state index in [1.807, 2.05) is 35.2 Å². The highest BCUT2D eigenvalue weighted by molar-refractivity contribution is 5.69. The molecule has 25 heavy (non-hydrogen) atoms. The first kappa shape index (κ1) is 18.0. The Hall–Kier alpha value is -1.81. The normalized spacial score (nSPS) is 27.9. The molecule has 136 valence electrons. The first-order valence-electron chi connectivity index (χ1n) is 9.32. The number of allylic oxidation sites excluding steroid dienone is 2. The molecule has 2 bridgehead atoms. The molecule has 2 aliphatic rings. The van der Waals surface area contributed by atoms with Crippen molar-refractivity contribution >= 4 is 6.09 Å². The molecule has 3 rings (SSSR count). The van der Waals surface area contributed by atoms with E-state index in [4.69, 9.17) is 4.74 Å². The molecule has 0 radical (unpaired) electrons. The molecule has 1 amide bonds. The standard InChI is InChI=1S/C21H29NO3/c1-16(2)7-6-12-21(24)13-18-10-11-19(14-21)22(18)20(23)25-15-17-8-4-3-5-9-17/h3-5,7-9,18-19,24H,6,10-15H2,1-2H3. The second kappa shape index (κ2) is 7.61. The molecule has 0 aromatic heterocycles. The molecule has 4 heteroatoms. The Balaban J connectivity index is 1.56. The number of rotatable bonds is 5. The molecule has 0 saturated carbocycles. The van der Waals surface area contributed by atoms with Gasteiger partial charge in [0.1, 0.15) is 6.61 Å². The van der Waals surface area contributed by atoms with E-state index in [1.54, 1.807) is 0 Å². The van der Waals surface area contributed by atoms with Crippen LogP contribution in [0.25, 0.3) is 0 Å². The number of ether oxygens (including phenoxy) is 1. The number of aliphatic hydroxyl groups is 1. The number of carbonyl (C=O) groups is 1. The van der Waals surface area contributed by atoms with E-state index >= 15 is 0 Å². The summed E-state index contributed by atoms with van der Waals surface area (Å²) in [7, 11) is 0. The molecule has 2 heterocycles. The molecule has 0 spiro atoms. The lowest BCUT2D eigenvalue weighted by Crippen LogP contribution is -2.53. The fourth-order valence-corrected chi connectivity index (χ4v) is 4.25. The predicted molar refractivity (Wildman–Crippen MR) is 98.1 cm³/mol. The summed E-state index contributed by atoms with van der Waals surface area (Å²) < 4.78 is 5.53. The van der Waals surface area contributed by atoms with E-state index < -0.39 is 5.60 Å². The fourth-order valence-electron chi connectivity index (χ4n) is 4.25. The molecule has 1 aromatic carbocycles. The van der Waals surface area contributed by atoms with Crippen LogP contribution in [0.4, 0.5) is 4.79 Å². The maximum Gasteiger partial charge on any atom is 0.410 e. The minimum absolute atomic E-state index is 0.110. The van der Waals surface area contributed by atoms with Crippen molar-refractivity contribution in [1.29, 1.82) is 0 Å². The van der Waals surface area contributed by atoms with Gasteiger partial charge in [-0.15, -0.1) is 0 Å². The van der Waals surface area contributed by atoms with Crippen LogP contribution in [-0.2, 0) is 11.3 Å². The monoisotopic (exact) mass is 343 g/mol. The Morgan fingerprint density at radius 1 is 1.24 bits per heavy atom. The highest BCUT2D eigenvalue weighted by Gasteiger charge is 2.49. The molecular weight excluding hydrogens is 314 g/mol. The topological polar surface area (TPSA) is 49.8 Å². The van der Waals surface area contributed by atoms with Crippen molar-refractivity contribution in [3.05, 3.63) is 47.5 Å². The molecular formula is C21H29NO3. The number of amides is 1. The molecule has 2 fully saturated rings. The Labute approximate surface area is 150 Å². The zero-order chi connectivity index (χ0) is 17.9. The molecule has 1 N–H and O–H groups in total. The summed E-state index contributed by atoms with van der Waals surface area (Å²) in [4.78, 5) is 14.4. The minimum Gasteiger partial charge on any atom is -0.445 e.